The molecule has 0 bridgehead atoms. The molecule has 0 amide bonds. The molecule has 1 rings (SSSR count). The highest BCUT2D eigenvalue weighted by atomic mass is 32.2. The molecule has 4 nitrogen and oxygen atoms in total. The van der Waals surface area contributed by atoms with Crippen LogP contribution in [0.2, 0.25) is 0 Å². The topological polar surface area (TPSA) is 67.5 Å². The van der Waals surface area contributed by atoms with Gasteiger partial charge in [-0.15, -0.1) is 0 Å². The molecule has 0 heterocycles. The van der Waals surface area contributed by atoms with Crippen LogP contribution < -0.4 is 11.1 Å². The quantitative estimate of drug-likeness (QED) is 0.568. The van der Waals surface area contributed by atoms with Crippen LogP contribution in [0.4, 0.5) is 0 Å². The molecule has 0 aliphatic heterocycles. The summed E-state index contributed by atoms with van der Waals surface area (Å²) in [5, 5.41) is 3.01. The molecular weight excluding hydrogens is 270 g/mol. The first-order valence-corrected chi connectivity index (χ1v) is 8.49. The summed E-state index contributed by atoms with van der Waals surface area (Å²) in [4.78, 5) is 4.23. The third kappa shape index (κ3) is 7.94. The van der Waals surface area contributed by atoms with Crippen molar-refractivity contribution < 1.29 is 4.21 Å². The number of hydrogen-bond acceptors (Lipinski definition) is 2. The monoisotopic (exact) mass is 295 g/mol. The van der Waals surface area contributed by atoms with Crippen LogP contribution in [0.3, 0.4) is 0 Å². The van der Waals surface area contributed by atoms with Gasteiger partial charge in [0.2, 0.25) is 0 Å². The number of aliphatic imine (C=N–C) groups is 1. The van der Waals surface area contributed by atoms with Crippen LogP contribution in [0.1, 0.15) is 25.8 Å². The van der Waals surface area contributed by atoms with Gasteiger partial charge in [-0.3, -0.25) is 9.20 Å². The van der Waals surface area contributed by atoms with E-state index in [2.05, 4.69) is 24.2 Å². The van der Waals surface area contributed by atoms with Crippen molar-refractivity contribution in [2.75, 3.05) is 18.8 Å². The summed E-state index contributed by atoms with van der Waals surface area (Å²) < 4.78 is 11.9. The highest BCUT2D eigenvalue weighted by molar-refractivity contribution is 7.84. The first-order valence-electron chi connectivity index (χ1n) is 7.00. The third-order valence-electron chi connectivity index (χ3n) is 2.79. The Kier molecular flexibility index (Phi) is 7.95. The van der Waals surface area contributed by atoms with Gasteiger partial charge in [0.25, 0.3) is 0 Å². The maximum absolute atomic E-state index is 11.9. The Morgan fingerprint density at radius 2 is 2.05 bits per heavy atom. The minimum atomic E-state index is -0.874. The Morgan fingerprint density at radius 1 is 1.35 bits per heavy atom. The van der Waals surface area contributed by atoms with Gasteiger partial charge in [0, 0.05) is 35.4 Å². The zero-order valence-electron chi connectivity index (χ0n) is 12.3. The van der Waals surface area contributed by atoms with Gasteiger partial charge < -0.3 is 11.1 Å². The van der Waals surface area contributed by atoms with E-state index in [0.717, 1.165) is 18.5 Å². The number of nitrogens with two attached hydrogens (primary N) is 1. The van der Waals surface area contributed by atoms with E-state index in [1.54, 1.807) is 0 Å². The first-order chi connectivity index (χ1) is 9.58. The molecule has 0 saturated carbocycles. The Labute approximate surface area is 124 Å². The van der Waals surface area contributed by atoms with Crippen LogP contribution in [0.25, 0.3) is 0 Å². The summed E-state index contributed by atoms with van der Waals surface area (Å²) in [6.45, 7) is 5.65. The fourth-order valence-corrected chi connectivity index (χ4v) is 2.66. The summed E-state index contributed by atoms with van der Waals surface area (Å²) in [6, 6.07) is 9.87. The van der Waals surface area contributed by atoms with E-state index in [4.69, 9.17) is 5.73 Å². The average Bonchev–Trinajstić information content (AvgIpc) is 2.39. The standard InChI is InChI=1S/C15H25N3OS/c1-13(2)8-9-17-15(16)18-10-11-20(19)12-14-6-4-3-5-7-14/h3-7,13H,8-12H2,1-2H3,(H3,16,17,18). The van der Waals surface area contributed by atoms with E-state index in [-0.39, 0.29) is 0 Å². The zero-order chi connectivity index (χ0) is 14.8. The molecule has 0 aliphatic carbocycles. The molecule has 0 aliphatic rings. The van der Waals surface area contributed by atoms with Gasteiger partial charge >= 0.3 is 0 Å². The third-order valence-corrected chi connectivity index (χ3v) is 4.11. The molecule has 5 heteroatoms. The van der Waals surface area contributed by atoms with Crippen LogP contribution in [0.15, 0.2) is 35.3 Å². The van der Waals surface area contributed by atoms with Crippen molar-refractivity contribution in [1.29, 1.82) is 0 Å². The second kappa shape index (κ2) is 9.53. The molecular formula is C15H25N3OS. The van der Waals surface area contributed by atoms with Crippen LogP contribution in [0.5, 0.6) is 0 Å². The number of benzene rings is 1. The van der Waals surface area contributed by atoms with E-state index in [9.17, 15) is 4.21 Å². The van der Waals surface area contributed by atoms with Gasteiger partial charge in [-0.2, -0.15) is 0 Å². The molecule has 1 aromatic rings. The van der Waals surface area contributed by atoms with E-state index >= 15 is 0 Å². The predicted octanol–water partition coefficient (Wildman–Crippen LogP) is 1.89. The minimum Gasteiger partial charge on any atom is -0.370 e. The van der Waals surface area contributed by atoms with Gasteiger partial charge in [-0.05, 0) is 17.9 Å². The maximum atomic E-state index is 11.9. The Balaban J connectivity index is 2.18. The fraction of sp³-hybridized carbons (Fsp3) is 0.533. The molecule has 112 valence electrons. The minimum absolute atomic E-state index is 0.447. The van der Waals surface area contributed by atoms with Crippen molar-refractivity contribution in [3.63, 3.8) is 0 Å². The smallest absolute Gasteiger partial charge is 0.188 e. The largest absolute Gasteiger partial charge is 0.370 e. The Bertz CT molecular complexity index is 432. The van der Waals surface area contributed by atoms with Gasteiger partial charge in [-0.1, -0.05) is 44.2 Å². The van der Waals surface area contributed by atoms with Crippen molar-refractivity contribution >= 4 is 16.8 Å². The van der Waals surface area contributed by atoms with Crippen LogP contribution in [0, 0.1) is 5.92 Å². The lowest BCUT2D eigenvalue weighted by Gasteiger charge is -2.06. The zero-order valence-corrected chi connectivity index (χ0v) is 13.2. The van der Waals surface area contributed by atoms with E-state index < -0.39 is 10.8 Å². The molecule has 1 unspecified atom stereocenters. The molecule has 0 spiro atoms. The number of nitrogens with one attached hydrogen (secondary N) is 1. The van der Waals surface area contributed by atoms with Gasteiger partial charge in [0.1, 0.15) is 0 Å². The van der Waals surface area contributed by atoms with Crippen LogP contribution in [-0.2, 0) is 16.6 Å². The summed E-state index contributed by atoms with van der Waals surface area (Å²) in [7, 11) is -0.874. The predicted molar refractivity (Wildman–Crippen MR) is 87.1 cm³/mol. The Hall–Kier alpha value is -1.36. The fourth-order valence-electron chi connectivity index (χ4n) is 1.62. The molecule has 20 heavy (non-hydrogen) atoms. The SMILES string of the molecule is CC(C)CCN=C(N)NCCS(=O)Cc1ccccc1. The summed E-state index contributed by atoms with van der Waals surface area (Å²) in [6.07, 6.45) is 1.03. The van der Waals surface area contributed by atoms with Crippen molar-refractivity contribution in [3.8, 4) is 0 Å². The van der Waals surface area contributed by atoms with Crippen molar-refractivity contribution in [2.24, 2.45) is 16.6 Å². The average molecular weight is 295 g/mol. The summed E-state index contributed by atoms with van der Waals surface area (Å²) >= 11 is 0. The normalized spacial score (nSPS) is 13.4. The van der Waals surface area contributed by atoms with Gasteiger partial charge in [0.15, 0.2) is 5.96 Å². The van der Waals surface area contributed by atoms with Crippen molar-refractivity contribution in [3.05, 3.63) is 35.9 Å². The van der Waals surface area contributed by atoms with Crippen LogP contribution >= 0.6 is 0 Å². The first kappa shape index (κ1) is 16.7. The molecule has 3 N–H and O–H groups in total. The molecule has 0 radical (unpaired) electrons. The molecule has 0 fully saturated rings. The van der Waals surface area contributed by atoms with E-state index in [1.807, 2.05) is 30.3 Å². The number of hydrogen-bond donors (Lipinski definition) is 2. The molecule has 1 aromatic carbocycles. The van der Waals surface area contributed by atoms with Gasteiger partial charge in [0.05, 0.1) is 0 Å². The van der Waals surface area contributed by atoms with Crippen molar-refractivity contribution in [1.82, 2.24) is 5.32 Å². The highest BCUT2D eigenvalue weighted by Crippen LogP contribution is 2.02. The van der Waals surface area contributed by atoms with E-state index in [0.29, 0.717) is 29.9 Å². The lowest BCUT2D eigenvalue weighted by Crippen LogP contribution is -2.34. The number of rotatable bonds is 8. The molecule has 0 aromatic heterocycles. The second-order valence-corrected chi connectivity index (χ2v) is 6.73. The number of guanidine groups is 1. The maximum Gasteiger partial charge on any atom is 0.188 e. The second-order valence-electron chi connectivity index (χ2n) is 5.15. The lowest BCUT2D eigenvalue weighted by atomic mass is 10.1. The van der Waals surface area contributed by atoms with Crippen LogP contribution in [-0.4, -0.2) is 29.0 Å². The van der Waals surface area contributed by atoms with E-state index in [1.165, 1.54) is 0 Å². The van der Waals surface area contributed by atoms with Crippen molar-refractivity contribution in [2.45, 2.75) is 26.0 Å². The summed E-state index contributed by atoms with van der Waals surface area (Å²) in [5.41, 5.74) is 6.84. The Morgan fingerprint density at radius 3 is 2.70 bits per heavy atom. The highest BCUT2D eigenvalue weighted by Gasteiger charge is 2.01. The number of nitrogens with zero attached hydrogens (tertiary/aromatic N) is 1. The molecule has 1 atom stereocenters. The molecule has 0 saturated heterocycles. The van der Waals surface area contributed by atoms with Gasteiger partial charge in [-0.25, -0.2) is 0 Å². The lowest BCUT2D eigenvalue weighted by molar-refractivity contribution is 0.596. The summed E-state index contributed by atoms with van der Waals surface area (Å²) in [5.74, 6) is 2.25.